The van der Waals surface area contributed by atoms with Gasteiger partial charge in [0.15, 0.2) is 17.3 Å². The maximum atomic E-state index is 13.3. The molecule has 0 spiro atoms. The Balaban J connectivity index is 1.47. The van der Waals surface area contributed by atoms with Crippen molar-refractivity contribution in [3.63, 3.8) is 0 Å². The summed E-state index contributed by atoms with van der Waals surface area (Å²) in [5.41, 5.74) is 2.67. The van der Waals surface area contributed by atoms with Crippen LogP contribution in [0.1, 0.15) is 11.1 Å². The maximum Gasteiger partial charge on any atom is 0.282 e. The molecule has 0 N–H and O–H groups in total. The molecule has 36 heavy (non-hydrogen) atoms. The highest BCUT2D eigenvalue weighted by atomic mass is 19.1. The number of hydrogen-bond donors (Lipinski definition) is 0. The topological polar surface area (TPSA) is 65.7 Å². The molecule has 178 valence electrons. The first-order chi connectivity index (χ1) is 17.6. The summed E-state index contributed by atoms with van der Waals surface area (Å²) >= 11 is 0. The van der Waals surface area contributed by atoms with Gasteiger partial charge in [-0.3, -0.25) is 4.79 Å². The molecule has 0 aliphatic rings. The van der Waals surface area contributed by atoms with Gasteiger partial charge >= 0.3 is 0 Å². The maximum absolute atomic E-state index is 13.3. The van der Waals surface area contributed by atoms with Gasteiger partial charge in [-0.05, 0) is 53.6 Å². The zero-order valence-electron chi connectivity index (χ0n) is 19.5. The second-order valence-corrected chi connectivity index (χ2v) is 8.01. The molecule has 0 bridgehead atoms. The van der Waals surface area contributed by atoms with Crippen LogP contribution in [-0.2, 0) is 6.61 Å². The van der Waals surface area contributed by atoms with E-state index >= 15 is 0 Å². The molecule has 1 heterocycles. The SMILES string of the molecule is COc1cc(C=Nn2c(-c3ccccc3)nc3ccccc3c2=O)ccc1OCc1ccc(F)cc1. The van der Waals surface area contributed by atoms with Crippen molar-refractivity contribution < 1.29 is 13.9 Å². The molecule has 0 aliphatic heterocycles. The molecule has 5 aromatic rings. The van der Waals surface area contributed by atoms with Crippen molar-refractivity contribution in [3.8, 4) is 22.9 Å². The number of benzene rings is 4. The fourth-order valence-corrected chi connectivity index (χ4v) is 3.75. The number of rotatable bonds is 7. The molecule has 4 aromatic carbocycles. The second kappa shape index (κ2) is 10.2. The van der Waals surface area contributed by atoms with E-state index in [1.807, 2.05) is 48.5 Å². The molecular formula is C29H22FN3O3. The Morgan fingerprint density at radius 3 is 2.44 bits per heavy atom. The lowest BCUT2D eigenvalue weighted by atomic mass is 10.2. The largest absolute Gasteiger partial charge is 0.493 e. The molecule has 0 saturated carbocycles. The number of para-hydroxylation sites is 1. The Morgan fingerprint density at radius 1 is 0.917 bits per heavy atom. The Morgan fingerprint density at radius 2 is 1.67 bits per heavy atom. The van der Waals surface area contributed by atoms with Crippen molar-refractivity contribution in [2.75, 3.05) is 7.11 Å². The summed E-state index contributed by atoms with van der Waals surface area (Å²) in [4.78, 5) is 18.0. The quantitative estimate of drug-likeness (QED) is 0.282. The second-order valence-electron chi connectivity index (χ2n) is 8.01. The summed E-state index contributed by atoms with van der Waals surface area (Å²) in [7, 11) is 1.55. The van der Waals surface area contributed by atoms with Crippen molar-refractivity contribution in [2.24, 2.45) is 5.10 Å². The van der Waals surface area contributed by atoms with E-state index in [1.165, 1.54) is 16.8 Å². The summed E-state index contributed by atoms with van der Waals surface area (Å²) < 4.78 is 25.8. The zero-order chi connectivity index (χ0) is 24.9. The van der Waals surface area contributed by atoms with Gasteiger partial charge in [0.05, 0.1) is 24.2 Å². The highest BCUT2D eigenvalue weighted by Crippen LogP contribution is 2.28. The summed E-state index contributed by atoms with van der Waals surface area (Å²) in [5, 5.41) is 4.98. The fourth-order valence-electron chi connectivity index (χ4n) is 3.75. The first kappa shape index (κ1) is 23.0. The molecule has 5 rings (SSSR count). The molecule has 0 saturated heterocycles. The number of nitrogens with zero attached hydrogens (tertiary/aromatic N) is 3. The smallest absolute Gasteiger partial charge is 0.282 e. The van der Waals surface area contributed by atoms with E-state index in [0.717, 1.165) is 11.1 Å². The molecular weight excluding hydrogens is 457 g/mol. The monoisotopic (exact) mass is 479 g/mol. The van der Waals surface area contributed by atoms with Crippen LogP contribution in [0.4, 0.5) is 4.39 Å². The van der Waals surface area contributed by atoms with Gasteiger partial charge in [0.1, 0.15) is 12.4 Å². The molecule has 0 radical (unpaired) electrons. The minimum Gasteiger partial charge on any atom is -0.493 e. The average Bonchev–Trinajstić information content (AvgIpc) is 2.93. The van der Waals surface area contributed by atoms with Crippen LogP contribution < -0.4 is 15.0 Å². The molecule has 0 unspecified atom stereocenters. The number of ether oxygens (including phenoxy) is 2. The van der Waals surface area contributed by atoms with Crippen LogP contribution in [0.5, 0.6) is 11.5 Å². The predicted octanol–water partition coefficient (Wildman–Crippen LogP) is 5.67. The standard InChI is InChI=1S/C29H22FN3O3/c1-35-27-17-21(13-16-26(27)36-19-20-11-14-23(30)15-12-20)18-31-33-28(22-7-3-2-4-8-22)32-25-10-6-5-9-24(25)29(33)34/h2-18H,19H2,1H3. The number of hydrogen-bond acceptors (Lipinski definition) is 5. The number of methoxy groups -OCH3 is 1. The Bertz CT molecular complexity index is 1600. The van der Waals surface area contributed by atoms with Crippen LogP contribution in [0.15, 0.2) is 107 Å². The number of aromatic nitrogens is 2. The fraction of sp³-hybridized carbons (Fsp3) is 0.0690. The van der Waals surface area contributed by atoms with Crippen LogP contribution in [0.2, 0.25) is 0 Å². The van der Waals surface area contributed by atoms with E-state index < -0.39 is 0 Å². The average molecular weight is 480 g/mol. The van der Waals surface area contributed by atoms with Crippen molar-refractivity contribution in [3.05, 3.63) is 124 Å². The van der Waals surface area contributed by atoms with Crippen LogP contribution in [0.3, 0.4) is 0 Å². The van der Waals surface area contributed by atoms with Crippen LogP contribution in [0.25, 0.3) is 22.3 Å². The third-order valence-corrected chi connectivity index (χ3v) is 5.60. The first-order valence-corrected chi connectivity index (χ1v) is 11.3. The van der Waals surface area contributed by atoms with E-state index in [1.54, 1.807) is 49.7 Å². The van der Waals surface area contributed by atoms with Crippen LogP contribution >= 0.6 is 0 Å². The first-order valence-electron chi connectivity index (χ1n) is 11.3. The lowest BCUT2D eigenvalue weighted by molar-refractivity contribution is 0.284. The van der Waals surface area contributed by atoms with Gasteiger partial charge in [0.25, 0.3) is 5.56 Å². The molecule has 7 heteroatoms. The summed E-state index contributed by atoms with van der Waals surface area (Å²) in [5.74, 6) is 1.19. The summed E-state index contributed by atoms with van der Waals surface area (Å²) in [6.07, 6.45) is 1.58. The van der Waals surface area contributed by atoms with Crippen molar-refractivity contribution >= 4 is 17.1 Å². The van der Waals surface area contributed by atoms with Crippen LogP contribution in [-0.4, -0.2) is 23.0 Å². The number of fused-ring (bicyclic) bond motifs is 1. The van der Waals surface area contributed by atoms with E-state index in [-0.39, 0.29) is 18.0 Å². The highest BCUT2D eigenvalue weighted by Gasteiger charge is 2.12. The van der Waals surface area contributed by atoms with Crippen LogP contribution in [0, 0.1) is 5.82 Å². The van der Waals surface area contributed by atoms with E-state index in [9.17, 15) is 9.18 Å². The zero-order valence-corrected chi connectivity index (χ0v) is 19.5. The molecule has 1 aromatic heterocycles. The van der Waals surface area contributed by atoms with Gasteiger partial charge in [-0.25, -0.2) is 9.37 Å². The van der Waals surface area contributed by atoms with Crippen molar-refractivity contribution in [1.29, 1.82) is 0 Å². The third-order valence-electron chi connectivity index (χ3n) is 5.60. The predicted molar refractivity (Wildman–Crippen MR) is 138 cm³/mol. The number of halogens is 1. The summed E-state index contributed by atoms with van der Waals surface area (Å²) in [6.45, 7) is 0.267. The lowest BCUT2D eigenvalue weighted by Crippen LogP contribution is -2.20. The van der Waals surface area contributed by atoms with Gasteiger partial charge in [-0.15, -0.1) is 0 Å². The lowest BCUT2D eigenvalue weighted by Gasteiger charge is -2.12. The Labute approximate surface area is 206 Å². The molecule has 0 fully saturated rings. The Kier molecular flexibility index (Phi) is 6.53. The minimum atomic E-state index is -0.295. The molecule has 0 amide bonds. The van der Waals surface area contributed by atoms with E-state index in [4.69, 9.17) is 14.5 Å². The minimum absolute atomic E-state index is 0.262. The Hall–Kier alpha value is -4.78. The van der Waals surface area contributed by atoms with Gasteiger partial charge in [-0.2, -0.15) is 9.78 Å². The highest BCUT2D eigenvalue weighted by molar-refractivity contribution is 5.82. The molecule has 0 atom stereocenters. The van der Waals surface area contributed by atoms with Gasteiger partial charge in [0.2, 0.25) is 0 Å². The van der Waals surface area contributed by atoms with E-state index in [2.05, 4.69) is 5.10 Å². The van der Waals surface area contributed by atoms with Crippen molar-refractivity contribution in [1.82, 2.24) is 9.66 Å². The van der Waals surface area contributed by atoms with Gasteiger partial charge in [-0.1, -0.05) is 54.6 Å². The molecule has 6 nitrogen and oxygen atoms in total. The normalized spacial score (nSPS) is 11.2. The third kappa shape index (κ3) is 4.86. The van der Waals surface area contributed by atoms with Crippen molar-refractivity contribution in [2.45, 2.75) is 6.61 Å². The van der Waals surface area contributed by atoms with Gasteiger partial charge < -0.3 is 9.47 Å². The summed E-state index contributed by atoms with van der Waals surface area (Å²) in [6, 6.07) is 28.1. The molecule has 0 aliphatic carbocycles. The van der Waals surface area contributed by atoms with E-state index in [0.29, 0.717) is 33.8 Å². The van der Waals surface area contributed by atoms with Gasteiger partial charge in [0, 0.05) is 5.56 Å².